The highest BCUT2D eigenvalue weighted by atomic mass is 79.9. The molecule has 0 aliphatic heterocycles. The zero-order chi connectivity index (χ0) is 14.1. The summed E-state index contributed by atoms with van der Waals surface area (Å²) in [6.45, 7) is 0. The minimum absolute atomic E-state index is 0.203. The van der Waals surface area contributed by atoms with Crippen LogP contribution < -0.4 is 5.32 Å². The highest BCUT2D eigenvalue weighted by Crippen LogP contribution is 2.40. The van der Waals surface area contributed by atoms with Gasteiger partial charge in [0.2, 0.25) is 0 Å². The minimum Gasteiger partial charge on any atom is -0.379 e. The van der Waals surface area contributed by atoms with E-state index < -0.39 is 0 Å². The topological polar surface area (TPSA) is 12.0 Å². The highest BCUT2D eigenvalue weighted by molar-refractivity contribution is 9.10. The SMILES string of the molecule is Fc1cccc(Br)c1NC1CC(c2cccc(Br)c2)C1. The predicted molar refractivity (Wildman–Crippen MR) is 87.6 cm³/mol. The van der Waals surface area contributed by atoms with Crippen molar-refractivity contribution in [2.45, 2.75) is 24.8 Å². The number of anilines is 1. The van der Waals surface area contributed by atoms with E-state index in [2.05, 4.69) is 55.4 Å². The molecule has 0 saturated heterocycles. The van der Waals surface area contributed by atoms with Gasteiger partial charge in [0, 0.05) is 15.0 Å². The second-order valence-electron chi connectivity index (χ2n) is 5.16. The van der Waals surface area contributed by atoms with Gasteiger partial charge in [-0.2, -0.15) is 0 Å². The van der Waals surface area contributed by atoms with Gasteiger partial charge in [-0.25, -0.2) is 4.39 Å². The van der Waals surface area contributed by atoms with Crippen LogP contribution in [-0.4, -0.2) is 6.04 Å². The predicted octanol–water partition coefficient (Wildman–Crippen LogP) is 5.71. The molecule has 0 bridgehead atoms. The maximum Gasteiger partial charge on any atom is 0.147 e. The van der Waals surface area contributed by atoms with Gasteiger partial charge in [0.25, 0.3) is 0 Å². The van der Waals surface area contributed by atoms with E-state index in [1.807, 2.05) is 12.1 Å². The zero-order valence-corrected chi connectivity index (χ0v) is 13.9. The van der Waals surface area contributed by atoms with Crippen molar-refractivity contribution in [3.8, 4) is 0 Å². The molecule has 0 amide bonds. The van der Waals surface area contributed by atoms with Gasteiger partial charge < -0.3 is 5.32 Å². The van der Waals surface area contributed by atoms with Crippen molar-refractivity contribution >= 4 is 37.5 Å². The van der Waals surface area contributed by atoms with Gasteiger partial charge in [-0.3, -0.25) is 0 Å². The van der Waals surface area contributed by atoms with Crippen LogP contribution in [0, 0.1) is 5.82 Å². The molecule has 3 rings (SSSR count). The van der Waals surface area contributed by atoms with Crippen LogP contribution in [0.2, 0.25) is 0 Å². The summed E-state index contributed by atoms with van der Waals surface area (Å²) in [6.07, 6.45) is 2.08. The Balaban J connectivity index is 1.64. The van der Waals surface area contributed by atoms with Crippen molar-refractivity contribution in [1.29, 1.82) is 0 Å². The summed E-state index contributed by atoms with van der Waals surface area (Å²) in [5.74, 6) is 0.362. The monoisotopic (exact) mass is 397 g/mol. The van der Waals surface area contributed by atoms with Crippen LogP contribution in [0.25, 0.3) is 0 Å². The number of benzene rings is 2. The Kier molecular flexibility index (Phi) is 4.13. The summed E-state index contributed by atoms with van der Waals surface area (Å²) in [7, 11) is 0. The van der Waals surface area contributed by atoms with Gasteiger partial charge >= 0.3 is 0 Å². The molecule has 1 nitrogen and oxygen atoms in total. The maximum absolute atomic E-state index is 13.7. The van der Waals surface area contributed by atoms with Crippen LogP contribution in [0.3, 0.4) is 0 Å². The van der Waals surface area contributed by atoms with Crippen LogP contribution in [0.5, 0.6) is 0 Å². The van der Waals surface area contributed by atoms with Crippen molar-refractivity contribution in [3.63, 3.8) is 0 Å². The average Bonchev–Trinajstić information content (AvgIpc) is 2.36. The van der Waals surface area contributed by atoms with E-state index in [-0.39, 0.29) is 5.82 Å². The lowest BCUT2D eigenvalue weighted by Gasteiger charge is -2.37. The number of rotatable bonds is 3. The molecule has 0 atom stereocenters. The molecule has 2 aromatic rings. The van der Waals surface area contributed by atoms with E-state index in [0.717, 1.165) is 21.8 Å². The van der Waals surface area contributed by atoms with Crippen molar-refractivity contribution in [2.24, 2.45) is 0 Å². The molecule has 0 unspecified atom stereocenters. The molecule has 0 heterocycles. The summed E-state index contributed by atoms with van der Waals surface area (Å²) >= 11 is 6.89. The van der Waals surface area contributed by atoms with Gasteiger partial charge in [-0.05, 0) is 64.5 Å². The first kappa shape index (κ1) is 14.1. The lowest BCUT2D eigenvalue weighted by atomic mass is 9.76. The molecular weight excluding hydrogens is 385 g/mol. The van der Waals surface area contributed by atoms with Crippen molar-refractivity contribution in [1.82, 2.24) is 0 Å². The maximum atomic E-state index is 13.7. The molecule has 0 spiro atoms. The van der Waals surface area contributed by atoms with E-state index in [1.54, 1.807) is 6.07 Å². The van der Waals surface area contributed by atoms with Crippen molar-refractivity contribution < 1.29 is 4.39 Å². The van der Waals surface area contributed by atoms with E-state index in [1.165, 1.54) is 11.6 Å². The Morgan fingerprint density at radius 2 is 1.80 bits per heavy atom. The van der Waals surface area contributed by atoms with Crippen LogP contribution >= 0.6 is 31.9 Å². The quantitative estimate of drug-likeness (QED) is 0.698. The first-order chi connectivity index (χ1) is 9.63. The third-order valence-electron chi connectivity index (χ3n) is 3.77. The molecule has 1 N–H and O–H groups in total. The summed E-state index contributed by atoms with van der Waals surface area (Å²) in [4.78, 5) is 0. The first-order valence-corrected chi connectivity index (χ1v) is 8.18. The van der Waals surface area contributed by atoms with Gasteiger partial charge in [-0.15, -0.1) is 0 Å². The first-order valence-electron chi connectivity index (χ1n) is 6.59. The molecule has 1 aliphatic rings. The number of halogens is 3. The zero-order valence-electron chi connectivity index (χ0n) is 10.7. The Morgan fingerprint density at radius 1 is 1.05 bits per heavy atom. The molecule has 0 aromatic heterocycles. The Morgan fingerprint density at radius 3 is 2.50 bits per heavy atom. The van der Waals surface area contributed by atoms with E-state index in [0.29, 0.717) is 17.6 Å². The lowest BCUT2D eigenvalue weighted by molar-refractivity contribution is 0.372. The molecule has 1 saturated carbocycles. The van der Waals surface area contributed by atoms with Crippen LogP contribution in [-0.2, 0) is 0 Å². The van der Waals surface area contributed by atoms with E-state index in [9.17, 15) is 4.39 Å². The average molecular weight is 399 g/mol. The van der Waals surface area contributed by atoms with Gasteiger partial charge in [0.15, 0.2) is 0 Å². The van der Waals surface area contributed by atoms with E-state index in [4.69, 9.17) is 0 Å². The third kappa shape index (κ3) is 2.91. The van der Waals surface area contributed by atoms with Crippen molar-refractivity contribution in [3.05, 3.63) is 62.8 Å². The number of para-hydroxylation sites is 1. The highest BCUT2D eigenvalue weighted by Gasteiger charge is 2.31. The lowest BCUT2D eigenvalue weighted by Crippen LogP contribution is -2.34. The summed E-state index contributed by atoms with van der Waals surface area (Å²) in [5.41, 5.74) is 1.93. The van der Waals surface area contributed by atoms with Gasteiger partial charge in [0.05, 0.1) is 5.69 Å². The Bertz CT molecular complexity index is 603. The second-order valence-corrected chi connectivity index (χ2v) is 6.93. The fraction of sp³-hybridized carbons (Fsp3) is 0.250. The van der Waals surface area contributed by atoms with Crippen molar-refractivity contribution in [2.75, 3.05) is 5.32 Å². The normalized spacial score (nSPS) is 21.4. The minimum atomic E-state index is -0.203. The Hall–Kier alpha value is -0.870. The molecule has 2 aromatic carbocycles. The van der Waals surface area contributed by atoms with Crippen LogP contribution in [0.4, 0.5) is 10.1 Å². The molecule has 1 fully saturated rings. The summed E-state index contributed by atoms with van der Waals surface area (Å²) < 4.78 is 15.6. The number of hydrogen-bond acceptors (Lipinski definition) is 1. The van der Waals surface area contributed by atoms with Crippen LogP contribution in [0.15, 0.2) is 51.4 Å². The third-order valence-corrected chi connectivity index (χ3v) is 4.92. The smallest absolute Gasteiger partial charge is 0.147 e. The standard InChI is InChI=1S/C16H14Br2FN/c17-12-4-1-3-10(7-12)11-8-13(9-11)20-16-14(18)5-2-6-15(16)19/h1-7,11,13,20H,8-9H2. The van der Waals surface area contributed by atoms with E-state index >= 15 is 0 Å². The molecule has 1 aliphatic carbocycles. The fourth-order valence-electron chi connectivity index (χ4n) is 2.61. The van der Waals surface area contributed by atoms with Gasteiger partial charge in [-0.1, -0.05) is 34.1 Å². The molecular formula is C16H14Br2FN. The molecule has 4 heteroatoms. The number of nitrogens with one attached hydrogen (secondary N) is 1. The summed E-state index contributed by atoms with van der Waals surface area (Å²) in [6, 6.07) is 13.8. The molecule has 0 radical (unpaired) electrons. The fourth-order valence-corrected chi connectivity index (χ4v) is 3.48. The molecule has 20 heavy (non-hydrogen) atoms. The Labute approximate surface area is 134 Å². The van der Waals surface area contributed by atoms with Crippen LogP contribution in [0.1, 0.15) is 24.3 Å². The molecule has 104 valence electrons. The summed E-state index contributed by atoms with van der Waals surface area (Å²) in [5, 5.41) is 3.30. The second kappa shape index (κ2) is 5.86. The number of hydrogen-bond donors (Lipinski definition) is 1. The van der Waals surface area contributed by atoms with Gasteiger partial charge in [0.1, 0.15) is 5.82 Å². The largest absolute Gasteiger partial charge is 0.379 e.